The molecule has 1 aliphatic heterocycles. The molecule has 2 aliphatic rings. The molecule has 0 aromatic carbocycles. The van der Waals surface area contributed by atoms with Crippen LogP contribution in [0.2, 0.25) is 0 Å². The molecule has 4 nitrogen and oxygen atoms in total. The van der Waals surface area contributed by atoms with Crippen LogP contribution in [0.5, 0.6) is 0 Å². The summed E-state index contributed by atoms with van der Waals surface area (Å²) in [5, 5.41) is 3.57. The molecule has 20 heavy (non-hydrogen) atoms. The van der Waals surface area contributed by atoms with Gasteiger partial charge < -0.3 is 14.8 Å². The highest BCUT2D eigenvalue weighted by molar-refractivity contribution is 5.17. The Morgan fingerprint density at radius 1 is 1.40 bits per heavy atom. The van der Waals surface area contributed by atoms with E-state index < -0.39 is 0 Å². The molecule has 3 rings (SSSR count). The number of aromatic nitrogens is 1. The second-order valence-corrected chi connectivity index (χ2v) is 5.95. The molecule has 4 heteroatoms. The smallest absolute Gasteiger partial charge is 0.168 e. The van der Waals surface area contributed by atoms with Crippen LogP contribution in [0.3, 0.4) is 0 Å². The second kappa shape index (κ2) is 6.20. The molecule has 2 heterocycles. The number of pyridine rings is 1. The minimum atomic E-state index is -0.255. The molecule has 1 aromatic rings. The van der Waals surface area contributed by atoms with Crippen molar-refractivity contribution in [3.63, 3.8) is 0 Å². The van der Waals surface area contributed by atoms with E-state index in [1.54, 1.807) is 0 Å². The second-order valence-electron chi connectivity index (χ2n) is 5.95. The Morgan fingerprint density at radius 3 is 3.05 bits per heavy atom. The van der Waals surface area contributed by atoms with Crippen LogP contribution in [-0.4, -0.2) is 30.5 Å². The van der Waals surface area contributed by atoms with Gasteiger partial charge in [0.1, 0.15) is 0 Å². The molecule has 1 unspecified atom stereocenters. The lowest BCUT2D eigenvalue weighted by atomic mass is 9.84. The third kappa shape index (κ3) is 3.19. The van der Waals surface area contributed by atoms with Crippen LogP contribution >= 0.6 is 0 Å². The largest absolute Gasteiger partial charge is 0.348 e. The van der Waals surface area contributed by atoms with Crippen molar-refractivity contribution in [2.45, 2.75) is 44.9 Å². The fourth-order valence-electron chi connectivity index (χ4n) is 3.35. The Morgan fingerprint density at radius 2 is 2.25 bits per heavy atom. The first-order valence-electron chi connectivity index (χ1n) is 7.67. The molecule has 1 aromatic heterocycles. The van der Waals surface area contributed by atoms with Crippen molar-refractivity contribution in [3.8, 4) is 0 Å². The standard InChI is InChI=1S/C16H24N2O2/c1-13-15(5-3-7-18-13)12-17-11-14-4-2-6-16(10-14)19-8-9-20-16/h3,5,7,14,17H,2,4,6,8-12H2,1H3. The van der Waals surface area contributed by atoms with E-state index >= 15 is 0 Å². The SMILES string of the molecule is Cc1ncccc1CNCC1CCCC2(C1)OCCO2. The van der Waals surface area contributed by atoms with Crippen molar-refractivity contribution in [3.05, 3.63) is 29.6 Å². The highest BCUT2D eigenvalue weighted by atomic mass is 16.7. The fraction of sp³-hybridized carbons (Fsp3) is 0.688. The number of hydrogen-bond donors (Lipinski definition) is 1. The Hall–Kier alpha value is -0.970. The minimum Gasteiger partial charge on any atom is -0.348 e. The summed E-state index contributed by atoms with van der Waals surface area (Å²) >= 11 is 0. The molecule has 1 aliphatic carbocycles. The molecule has 1 saturated heterocycles. The van der Waals surface area contributed by atoms with E-state index in [0.29, 0.717) is 5.92 Å². The highest BCUT2D eigenvalue weighted by Gasteiger charge is 2.41. The van der Waals surface area contributed by atoms with Crippen molar-refractivity contribution < 1.29 is 9.47 Å². The van der Waals surface area contributed by atoms with Crippen LogP contribution in [0.25, 0.3) is 0 Å². The minimum absolute atomic E-state index is 0.255. The first-order chi connectivity index (χ1) is 9.77. The first kappa shape index (κ1) is 14.0. The Kier molecular flexibility index (Phi) is 4.34. The molecule has 1 saturated carbocycles. The van der Waals surface area contributed by atoms with Crippen molar-refractivity contribution in [1.29, 1.82) is 0 Å². The van der Waals surface area contributed by atoms with E-state index in [1.807, 2.05) is 12.3 Å². The van der Waals surface area contributed by atoms with Crippen molar-refractivity contribution in [2.24, 2.45) is 5.92 Å². The normalized spacial score (nSPS) is 25.1. The van der Waals surface area contributed by atoms with Crippen LogP contribution in [0.1, 0.15) is 36.9 Å². The number of nitrogens with one attached hydrogen (secondary N) is 1. The number of ether oxygens (including phenoxy) is 2. The van der Waals surface area contributed by atoms with Gasteiger partial charge in [-0.15, -0.1) is 0 Å². The maximum atomic E-state index is 5.84. The zero-order valence-electron chi connectivity index (χ0n) is 12.2. The lowest BCUT2D eigenvalue weighted by molar-refractivity contribution is -0.186. The molecule has 1 atom stereocenters. The van der Waals surface area contributed by atoms with Crippen LogP contribution in [-0.2, 0) is 16.0 Å². The van der Waals surface area contributed by atoms with Crippen molar-refractivity contribution >= 4 is 0 Å². The van der Waals surface area contributed by atoms with Gasteiger partial charge in [0.05, 0.1) is 13.2 Å². The number of aryl methyl sites for hydroxylation is 1. The monoisotopic (exact) mass is 276 g/mol. The van der Waals surface area contributed by atoms with E-state index in [-0.39, 0.29) is 5.79 Å². The van der Waals surface area contributed by atoms with Gasteiger partial charge in [0.25, 0.3) is 0 Å². The summed E-state index contributed by atoms with van der Waals surface area (Å²) in [5.74, 6) is 0.397. The Balaban J connectivity index is 1.48. The maximum Gasteiger partial charge on any atom is 0.168 e. The van der Waals surface area contributed by atoms with Crippen LogP contribution in [0.4, 0.5) is 0 Å². The lowest BCUT2D eigenvalue weighted by Crippen LogP contribution is -2.39. The molecule has 0 bridgehead atoms. The predicted molar refractivity (Wildman–Crippen MR) is 77.3 cm³/mol. The van der Waals surface area contributed by atoms with Gasteiger partial charge in [-0.2, -0.15) is 0 Å². The van der Waals surface area contributed by atoms with Gasteiger partial charge in [0.15, 0.2) is 5.79 Å². The number of hydrogen-bond acceptors (Lipinski definition) is 4. The third-order valence-corrected chi connectivity index (χ3v) is 4.45. The molecular weight excluding hydrogens is 252 g/mol. The third-order valence-electron chi connectivity index (χ3n) is 4.45. The topological polar surface area (TPSA) is 43.4 Å². The Bertz CT molecular complexity index is 444. The summed E-state index contributed by atoms with van der Waals surface area (Å²) in [5.41, 5.74) is 2.40. The molecule has 1 spiro atoms. The van der Waals surface area contributed by atoms with E-state index in [9.17, 15) is 0 Å². The van der Waals surface area contributed by atoms with Gasteiger partial charge in [0, 0.05) is 31.3 Å². The zero-order valence-corrected chi connectivity index (χ0v) is 12.2. The molecule has 2 fully saturated rings. The molecule has 0 radical (unpaired) electrons. The van der Waals surface area contributed by atoms with E-state index in [2.05, 4.69) is 23.3 Å². The Labute approximate surface area is 120 Å². The zero-order chi connectivity index (χ0) is 13.8. The summed E-state index contributed by atoms with van der Waals surface area (Å²) in [6, 6.07) is 4.14. The van der Waals surface area contributed by atoms with Crippen LogP contribution in [0, 0.1) is 12.8 Å². The van der Waals surface area contributed by atoms with Crippen molar-refractivity contribution in [2.75, 3.05) is 19.8 Å². The van der Waals surface area contributed by atoms with Gasteiger partial charge in [-0.05, 0) is 43.9 Å². The van der Waals surface area contributed by atoms with Crippen molar-refractivity contribution in [1.82, 2.24) is 10.3 Å². The number of rotatable bonds is 4. The average molecular weight is 276 g/mol. The molecule has 1 N–H and O–H groups in total. The molecular formula is C16H24N2O2. The van der Waals surface area contributed by atoms with Gasteiger partial charge in [-0.25, -0.2) is 0 Å². The maximum absolute atomic E-state index is 5.84. The molecule has 0 amide bonds. The first-order valence-corrected chi connectivity index (χ1v) is 7.67. The van der Waals surface area contributed by atoms with Gasteiger partial charge in [0.2, 0.25) is 0 Å². The van der Waals surface area contributed by atoms with Crippen LogP contribution in [0.15, 0.2) is 18.3 Å². The summed E-state index contributed by atoms with van der Waals surface area (Å²) < 4.78 is 11.7. The lowest BCUT2D eigenvalue weighted by Gasteiger charge is -2.36. The van der Waals surface area contributed by atoms with E-state index in [4.69, 9.17) is 9.47 Å². The highest BCUT2D eigenvalue weighted by Crippen LogP contribution is 2.38. The molecule has 110 valence electrons. The summed E-state index contributed by atoms with van der Waals surface area (Å²) in [4.78, 5) is 4.32. The summed E-state index contributed by atoms with van der Waals surface area (Å²) in [7, 11) is 0. The fourth-order valence-corrected chi connectivity index (χ4v) is 3.35. The van der Waals surface area contributed by atoms with Crippen LogP contribution < -0.4 is 5.32 Å². The number of nitrogens with zero attached hydrogens (tertiary/aromatic N) is 1. The van der Waals surface area contributed by atoms with Gasteiger partial charge in [-0.1, -0.05) is 6.07 Å². The van der Waals surface area contributed by atoms with E-state index in [1.165, 1.54) is 18.4 Å². The van der Waals surface area contributed by atoms with E-state index in [0.717, 1.165) is 44.8 Å². The van der Waals surface area contributed by atoms with Gasteiger partial charge >= 0.3 is 0 Å². The quantitative estimate of drug-likeness (QED) is 0.917. The van der Waals surface area contributed by atoms with Gasteiger partial charge in [-0.3, -0.25) is 4.98 Å². The summed E-state index contributed by atoms with van der Waals surface area (Å²) in [6.45, 7) is 5.50. The summed E-state index contributed by atoms with van der Waals surface area (Å²) in [6.07, 6.45) is 6.42. The predicted octanol–water partition coefficient (Wildman–Crippen LogP) is 2.41. The average Bonchev–Trinajstić information content (AvgIpc) is 2.89.